The number of anilines is 1. The number of amides is 1. The number of phenols is 1. The molecule has 2 aromatic rings. The van der Waals surface area contributed by atoms with Crippen LogP contribution < -0.4 is 10.1 Å². The van der Waals surface area contributed by atoms with Crippen LogP contribution >= 0.6 is 31.9 Å². The zero-order chi connectivity index (χ0) is 16.7. The first kappa shape index (κ1) is 16.1. The molecule has 0 saturated heterocycles. The number of carbonyl (C=O) groups is 1. The molecule has 0 radical (unpaired) electrons. The van der Waals surface area contributed by atoms with Crippen molar-refractivity contribution in [1.29, 1.82) is 0 Å². The molecular formula is C17H13Br2NO3. The van der Waals surface area contributed by atoms with Gasteiger partial charge in [-0.05, 0) is 42.8 Å². The Balaban J connectivity index is 2.24. The molecule has 1 heterocycles. The largest absolute Gasteiger partial charge is 0.504 e. The number of ether oxygens (including phenoxy) is 1. The van der Waals surface area contributed by atoms with Gasteiger partial charge < -0.3 is 15.2 Å². The molecule has 0 bridgehead atoms. The lowest BCUT2D eigenvalue weighted by atomic mass is 9.99. The molecule has 0 saturated carbocycles. The second-order valence-corrected chi connectivity index (χ2v) is 6.83. The van der Waals surface area contributed by atoms with Crippen molar-refractivity contribution in [2.24, 2.45) is 0 Å². The summed E-state index contributed by atoms with van der Waals surface area (Å²) < 4.78 is 6.74. The van der Waals surface area contributed by atoms with Gasteiger partial charge in [-0.2, -0.15) is 0 Å². The maximum Gasteiger partial charge on any atom is 0.256 e. The highest BCUT2D eigenvalue weighted by molar-refractivity contribution is 9.10. The number of hydrogen-bond donors (Lipinski definition) is 2. The van der Waals surface area contributed by atoms with Crippen LogP contribution in [0, 0.1) is 6.92 Å². The number of benzene rings is 2. The number of methoxy groups -OCH3 is 1. The summed E-state index contributed by atoms with van der Waals surface area (Å²) in [5.74, 6) is 0.142. The topological polar surface area (TPSA) is 58.6 Å². The molecule has 0 aromatic heterocycles. The van der Waals surface area contributed by atoms with Crippen LogP contribution in [0.1, 0.15) is 16.7 Å². The molecule has 1 amide bonds. The monoisotopic (exact) mass is 437 g/mol. The number of hydrogen-bond acceptors (Lipinski definition) is 3. The van der Waals surface area contributed by atoms with E-state index in [-0.39, 0.29) is 11.7 Å². The third kappa shape index (κ3) is 2.66. The van der Waals surface area contributed by atoms with Crippen LogP contribution in [0.15, 0.2) is 33.2 Å². The van der Waals surface area contributed by atoms with Gasteiger partial charge in [0.25, 0.3) is 5.91 Å². The van der Waals surface area contributed by atoms with Crippen LogP contribution in [0.5, 0.6) is 11.5 Å². The molecule has 1 aliphatic rings. The van der Waals surface area contributed by atoms with Crippen molar-refractivity contribution in [3.05, 3.63) is 49.9 Å². The van der Waals surface area contributed by atoms with E-state index in [1.807, 2.05) is 19.1 Å². The first-order valence-corrected chi connectivity index (χ1v) is 8.40. The Bertz CT molecular complexity index is 859. The standard InChI is InChI=1S/C17H13Br2NO3/c1-8-11(18)3-5-13-15(8)10(17(22)20-13)7-9-12(19)4-6-14(23-2)16(9)21/h3-7,21H,1-2H3,(H,20,22). The molecule has 6 heteroatoms. The number of rotatable bonds is 2. The van der Waals surface area contributed by atoms with Gasteiger partial charge in [0.2, 0.25) is 0 Å². The molecule has 118 valence electrons. The Morgan fingerprint density at radius 2 is 1.87 bits per heavy atom. The van der Waals surface area contributed by atoms with Crippen LogP contribution in [0.25, 0.3) is 11.6 Å². The molecule has 0 atom stereocenters. The van der Waals surface area contributed by atoms with Gasteiger partial charge in [-0.3, -0.25) is 4.79 Å². The van der Waals surface area contributed by atoms with E-state index < -0.39 is 0 Å². The van der Waals surface area contributed by atoms with Gasteiger partial charge in [0, 0.05) is 25.8 Å². The summed E-state index contributed by atoms with van der Waals surface area (Å²) in [6.45, 7) is 1.94. The van der Waals surface area contributed by atoms with Crippen molar-refractivity contribution in [3.8, 4) is 11.5 Å². The summed E-state index contributed by atoms with van der Waals surface area (Å²) in [6.07, 6.45) is 1.67. The highest BCUT2D eigenvalue weighted by Gasteiger charge is 2.27. The van der Waals surface area contributed by atoms with Gasteiger partial charge in [0.05, 0.1) is 12.7 Å². The Labute approximate surface area is 150 Å². The molecule has 2 aromatic carbocycles. The van der Waals surface area contributed by atoms with Gasteiger partial charge in [-0.1, -0.05) is 31.9 Å². The summed E-state index contributed by atoms with van der Waals surface area (Å²) in [5, 5.41) is 13.2. The smallest absolute Gasteiger partial charge is 0.256 e. The lowest BCUT2D eigenvalue weighted by Gasteiger charge is -2.10. The van der Waals surface area contributed by atoms with Crippen LogP contribution in [0.2, 0.25) is 0 Å². The molecule has 0 spiro atoms. The van der Waals surface area contributed by atoms with Crippen molar-refractivity contribution in [1.82, 2.24) is 0 Å². The predicted molar refractivity (Wildman–Crippen MR) is 97.7 cm³/mol. The SMILES string of the molecule is COc1ccc(Br)c(C=C2C(=O)Nc3ccc(Br)c(C)c32)c1O. The molecule has 23 heavy (non-hydrogen) atoms. The van der Waals surface area contributed by atoms with Gasteiger partial charge in [0.15, 0.2) is 11.5 Å². The van der Waals surface area contributed by atoms with Crippen LogP contribution in [-0.4, -0.2) is 18.1 Å². The number of phenolic OH excluding ortho intramolecular Hbond substituents is 1. The molecule has 0 unspecified atom stereocenters. The Hall–Kier alpha value is -1.79. The van der Waals surface area contributed by atoms with Gasteiger partial charge >= 0.3 is 0 Å². The molecule has 1 aliphatic heterocycles. The summed E-state index contributed by atoms with van der Waals surface area (Å²) in [5.41, 5.74) is 3.56. The van der Waals surface area contributed by atoms with E-state index in [0.717, 1.165) is 21.3 Å². The molecule has 0 fully saturated rings. The van der Waals surface area contributed by atoms with Crippen molar-refractivity contribution in [3.63, 3.8) is 0 Å². The van der Waals surface area contributed by atoms with E-state index in [4.69, 9.17) is 4.74 Å². The lowest BCUT2D eigenvalue weighted by molar-refractivity contribution is -0.110. The zero-order valence-corrected chi connectivity index (χ0v) is 15.6. The third-order valence-electron chi connectivity index (χ3n) is 3.80. The van der Waals surface area contributed by atoms with Crippen molar-refractivity contribution < 1.29 is 14.6 Å². The number of fused-ring (bicyclic) bond motifs is 1. The van der Waals surface area contributed by atoms with E-state index in [0.29, 0.717) is 21.4 Å². The average molecular weight is 439 g/mol. The van der Waals surface area contributed by atoms with Crippen molar-refractivity contribution in [2.75, 3.05) is 12.4 Å². The highest BCUT2D eigenvalue weighted by atomic mass is 79.9. The van der Waals surface area contributed by atoms with E-state index in [1.165, 1.54) is 7.11 Å². The highest BCUT2D eigenvalue weighted by Crippen LogP contribution is 2.42. The van der Waals surface area contributed by atoms with Gasteiger partial charge in [-0.15, -0.1) is 0 Å². The summed E-state index contributed by atoms with van der Waals surface area (Å²) in [4.78, 5) is 12.4. The van der Waals surface area contributed by atoms with Gasteiger partial charge in [-0.25, -0.2) is 0 Å². The number of carbonyl (C=O) groups excluding carboxylic acids is 1. The maximum absolute atomic E-state index is 12.4. The molecular weight excluding hydrogens is 426 g/mol. The first-order valence-electron chi connectivity index (χ1n) is 6.82. The Kier molecular flexibility index (Phi) is 4.21. The van der Waals surface area contributed by atoms with E-state index in [2.05, 4.69) is 37.2 Å². The van der Waals surface area contributed by atoms with E-state index in [9.17, 15) is 9.90 Å². The third-order valence-corrected chi connectivity index (χ3v) is 5.35. The Morgan fingerprint density at radius 1 is 1.17 bits per heavy atom. The van der Waals surface area contributed by atoms with E-state index >= 15 is 0 Å². The number of nitrogens with one attached hydrogen (secondary N) is 1. The second-order valence-electron chi connectivity index (χ2n) is 5.12. The molecule has 4 nitrogen and oxygen atoms in total. The minimum atomic E-state index is -0.199. The number of aromatic hydroxyl groups is 1. The van der Waals surface area contributed by atoms with E-state index in [1.54, 1.807) is 18.2 Å². The summed E-state index contributed by atoms with van der Waals surface area (Å²) in [6, 6.07) is 7.18. The van der Waals surface area contributed by atoms with Crippen molar-refractivity contribution >= 4 is 55.1 Å². The Morgan fingerprint density at radius 3 is 2.57 bits per heavy atom. The van der Waals surface area contributed by atoms with Gasteiger partial charge in [0.1, 0.15) is 0 Å². The van der Waals surface area contributed by atoms with Crippen molar-refractivity contribution in [2.45, 2.75) is 6.92 Å². The number of halogens is 2. The quantitative estimate of drug-likeness (QED) is 0.666. The fourth-order valence-corrected chi connectivity index (χ4v) is 3.35. The minimum absolute atomic E-state index is 0.0109. The molecule has 3 rings (SSSR count). The minimum Gasteiger partial charge on any atom is -0.504 e. The molecule has 0 aliphatic carbocycles. The fraction of sp³-hybridized carbons (Fsp3) is 0.118. The zero-order valence-electron chi connectivity index (χ0n) is 12.4. The predicted octanol–water partition coefficient (Wildman–Crippen LogP) is 4.73. The van der Waals surface area contributed by atoms with Crippen LogP contribution in [-0.2, 0) is 4.79 Å². The van der Waals surface area contributed by atoms with Crippen LogP contribution in [0.3, 0.4) is 0 Å². The average Bonchev–Trinajstić information content (AvgIpc) is 2.84. The lowest BCUT2D eigenvalue weighted by Crippen LogP contribution is -2.03. The fourth-order valence-electron chi connectivity index (χ4n) is 2.59. The second kappa shape index (κ2) is 6.02. The summed E-state index contributed by atoms with van der Waals surface area (Å²) >= 11 is 6.90. The first-order chi connectivity index (χ1) is 10.9. The maximum atomic E-state index is 12.4. The summed E-state index contributed by atoms with van der Waals surface area (Å²) in [7, 11) is 1.48. The normalized spacial score (nSPS) is 14.8. The van der Waals surface area contributed by atoms with Crippen LogP contribution in [0.4, 0.5) is 5.69 Å². The molecule has 2 N–H and O–H groups in total.